The van der Waals surface area contributed by atoms with Gasteiger partial charge in [0, 0.05) is 25.2 Å². The van der Waals surface area contributed by atoms with Gasteiger partial charge in [-0.05, 0) is 23.8 Å². The Hall–Kier alpha value is -2.79. The molecule has 0 fully saturated rings. The Morgan fingerprint density at radius 1 is 1.05 bits per heavy atom. The monoisotopic (exact) mass is 293 g/mol. The van der Waals surface area contributed by atoms with Gasteiger partial charge in [-0.1, -0.05) is 30.3 Å². The lowest BCUT2D eigenvalue weighted by molar-refractivity contribution is -0.126. The van der Waals surface area contributed by atoms with Crippen LogP contribution in [0.3, 0.4) is 0 Å². The Morgan fingerprint density at radius 3 is 2.50 bits per heavy atom. The van der Waals surface area contributed by atoms with Gasteiger partial charge in [-0.25, -0.2) is 0 Å². The van der Waals surface area contributed by atoms with Gasteiger partial charge < -0.3 is 10.1 Å². The highest BCUT2D eigenvalue weighted by atomic mass is 16.5. The topological polar surface area (TPSA) is 64.1 Å². The van der Waals surface area contributed by atoms with Gasteiger partial charge in [0.15, 0.2) is 6.10 Å². The van der Waals surface area contributed by atoms with E-state index >= 15 is 0 Å². The van der Waals surface area contributed by atoms with Gasteiger partial charge in [0.2, 0.25) is 0 Å². The number of aromatic nitrogens is 2. The number of hydrogen-bond donors (Lipinski definition) is 1. The van der Waals surface area contributed by atoms with E-state index in [-0.39, 0.29) is 5.91 Å². The number of hydrogen-bond acceptors (Lipinski definition) is 4. The number of methoxy groups -OCH3 is 1. The number of amides is 1. The summed E-state index contributed by atoms with van der Waals surface area (Å²) in [6.07, 6.45) is 2.60. The Bertz CT molecular complexity index is 790. The van der Waals surface area contributed by atoms with Crippen LogP contribution in [0.4, 0.5) is 5.69 Å². The molecule has 0 saturated heterocycles. The van der Waals surface area contributed by atoms with E-state index in [9.17, 15) is 4.79 Å². The van der Waals surface area contributed by atoms with Crippen LogP contribution in [0.2, 0.25) is 0 Å². The number of nitrogens with zero attached hydrogens (tertiary/aromatic N) is 2. The molecular formula is C17H15N3O2. The normalized spacial score (nSPS) is 12.0. The Balaban J connectivity index is 1.82. The Labute approximate surface area is 128 Å². The number of nitrogens with one attached hydrogen (secondary N) is 1. The molecule has 0 aliphatic rings. The summed E-state index contributed by atoms with van der Waals surface area (Å²) in [6, 6.07) is 14.8. The molecule has 1 N–H and O–H groups in total. The summed E-state index contributed by atoms with van der Waals surface area (Å²) in [5, 5.41) is 2.85. The van der Waals surface area contributed by atoms with Crippen molar-refractivity contribution in [2.45, 2.75) is 6.10 Å². The zero-order valence-electron chi connectivity index (χ0n) is 12.1. The lowest BCUT2D eigenvalue weighted by atomic mass is 10.1. The van der Waals surface area contributed by atoms with E-state index in [0.717, 1.165) is 16.6 Å². The minimum Gasteiger partial charge on any atom is -0.367 e. The first kappa shape index (κ1) is 14.2. The maximum absolute atomic E-state index is 12.4. The van der Waals surface area contributed by atoms with Crippen LogP contribution in [-0.2, 0) is 9.53 Å². The van der Waals surface area contributed by atoms with E-state index in [1.54, 1.807) is 24.5 Å². The van der Waals surface area contributed by atoms with Crippen molar-refractivity contribution in [1.29, 1.82) is 0 Å². The fourth-order valence-electron chi connectivity index (χ4n) is 2.27. The van der Waals surface area contributed by atoms with E-state index in [1.807, 2.05) is 36.4 Å². The molecule has 1 atom stereocenters. The van der Waals surface area contributed by atoms with Crippen LogP contribution in [0.1, 0.15) is 11.7 Å². The highest BCUT2D eigenvalue weighted by Gasteiger charge is 2.19. The number of benzene rings is 2. The average molecular weight is 293 g/mol. The van der Waals surface area contributed by atoms with E-state index in [4.69, 9.17) is 4.74 Å². The van der Waals surface area contributed by atoms with E-state index < -0.39 is 6.10 Å². The number of carbonyl (C=O) groups is 1. The quantitative estimate of drug-likeness (QED) is 0.803. The van der Waals surface area contributed by atoms with Crippen molar-refractivity contribution in [3.8, 4) is 0 Å². The first-order valence-electron chi connectivity index (χ1n) is 6.87. The van der Waals surface area contributed by atoms with Crippen molar-refractivity contribution >= 4 is 22.6 Å². The molecular weight excluding hydrogens is 278 g/mol. The molecule has 5 nitrogen and oxygen atoms in total. The molecule has 0 saturated carbocycles. The third kappa shape index (κ3) is 2.94. The summed E-state index contributed by atoms with van der Waals surface area (Å²) in [4.78, 5) is 20.8. The first-order chi connectivity index (χ1) is 10.8. The molecule has 1 unspecified atom stereocenters. The van der Waals surface area contributed by atoms with Gasteiger partial charge in [0.25, 0.3) is 5.91 Å². The maximum Gasteiger partial charge on any atom is 0.258 e. The lowest BCUT2D eigenvalue weighted by Gasteiger charge is -2.15. The summed E-state index contributed by atoms with van der Waals surface area (Å²) in [6.45, 7) is 0. The smallest absolute Gasteiger partial charge is 0.258 e. The molecule has 1 amide bonds. The predicted octanol–water partition coefficient (Wildman–Crippen LogP) is 2.96. The fraction of sp³-hybridized carbons (Fsp3) is 0.118. The van der Waals surface area contributed by atoms with Crippen LogP contribution in [0, 0.1) is 0 Å². The number of rotatable bonds is 4. The molecule has 0 aliphatic heterocycles. The molecule has 110 valence electrons. The number of carbonyl (C=O) groups excluding carboxylic acids is 1. The Kier molecular flexibility index (Phi) is 4.07. The zero-order valence-corrected chi connectivity index (χ0v) is 12.1. The fourth-order valence-corrected chi connectivity index (χ4v) is 2.27. The molecule has 0 spiro atoms. The molecule has 1 aromatic heterocycles. The average Bonchev–Trinajstić information content (AvgIpc) is 2.56. The standard InChI is InChI=1S/C17H15N3O2/c1-22-16(12-5-3-2-4-6-12)17(21)20-13-7-8-14-15(11-13)19-10-9-18-14/h2-11,16H,1H3,(H,20,21). The van der Waals surface area contributed by atoms with Crippen molar-refractivity contribution in [1.82, 2.24) is 9.97 Å². The van der Waals surface area contributed by atoms with Gasteiger partial charge >= 0.3 is 0 Å². The molecule has 3 aromatic rings. The van der Waals surface area contributed by atoms with Gasteiger partial charge in [-0.3, -0.25) is 14.8 Å². The molecule has 0 radical (unpaired) electrons. The minimum atomic E-state index is -0.654. The van der Waals surface area contributed by atoms with Crippen LogP contribution in [-0.4, -0.2) is 23.0 Å². The zero-order chi connectivity index (χ0) is 15.4. The SMILES string of the molecule is COC(C(=O)Nc1ccc2nccnc2c1)c1ccccc1. The van der Waals surface area contributed by atoms with Gasteiger partial charge in [0.1, 0.15) is 0 Å². The second-order valence-corrected chi connectivity index (χ2v) is 4.78. The summed E-state index contributed by atoms with van der Waals surface area (Å²) in [7, 11) is 1.52. The molecule has 2 aromatic carbocycles. The molecule has 0 bridgehead atoms. The predicted molar refractivity (Wildman–Crippen MR) is 84.4 cm³/mol. The Morgan fingerprint density at radius 2 is 1.77 bits per heavy atom. The largest absolute Gasteiger partial charge is 0.367 e. The van der Waals surface area contributed by atoms with E-state index in [1.165, 1.54) is 7.11 Å². The van der Waals surface area contributed by atoms with E-state index in [0.29, 0.717) is 5.69 Å². The van der Waals surface area contributed by atoms with Crippen molar-refractivity contribution < 1.29 is 9.53 Å². The summed E-state index contributed by atoms with van der Waals surface area (Å²) in [5.74, 6) is -0.225. The third-order valence-electron chi connectivity index (χ3n) is 3.31. The number of anilines is 1. The summed E-state index contributed by atoms with van der Waals surface area (Å²) in [5.41, 5.74) is 2.99. The highest BCUT2D eigenvalue weighted by Crippen LogP contribution is 2.20. The van der Waals surface area contributed by atoms with Crippen LogP contribution in [0.5, 0.6) is 0 Å². The lowest BCUT2D eigenvalue weighted by Crippen LogP contribution is -2.22. The first-order valence-corrected chi connectivity index (χ1v) is 6.87. The van der Waals surface area contributed by atoms with Gasteiger partial charge in [0.05, 0.1) is 11.0 Å². The molecule has 22 heavy (non-hydrogen) atoms. The molecule has 1 heterocycles. The number of ether oxygens (including phenoxy) is 1. The van der Waals surface area contributed by atoms with Crippen LogP contribution in [0.15, 0.2) is 60.9 Å². The molecule has 5 heteroatoms. The van der Waals surface area contributed by atoms with Crippen LogP contribution in [0.25, 0.3) is 11.0 Å². The van der Waals surface area contributed by atoms with E-state index in [2.05, 4.69) is 15.3 Å². The van der Waals surface area contributed by atoms with Crippen LogP contribution < -0.4 is 5.32 Å². The minimum absolute atomic E-state index is 0.225. The van der Waals surface area contributed by atoms with Gasteiger partial charge in [-0.15, -0.1) is 0 Å². The number of fused-ring (bicyclic) bond motifs is 1. The van der Waals surface area contributed by atoms with Crippen molar-refractivity contribution in [2.75, 3.05) is 12.4 Å². The summed E-state index contributed by atoms with van der Waals surface area (Å²) < 4.78 is 5.32. The van der Waals surface area contributed by atoms with Crippen molar-refractivity contribution in [3.05, 3.63) is 66.5 Å². The second kappa shape index (κ2) is 6.32. The van der Waals surface area contributed by atoms with Crippen LogP contribution >= 0.6 is 0 Å². The van der Waals surface area contributed by atoms with Crippen molar-refractivity contribution in [2.24, 2.45) is 0 Å². The maximum atomic E-state index is 12.4. The van der Waals surface area contributed by atoms with Crippen molar-refractivity contribution in [3.63, 3.8) is 0 Å². The van der Waals surface area contributed by atoms with Gasteiger partial charge in [-0.2, -0.15) is 0 Å². The highest BCUT2D eigenvalue weighted by molar-refractivity contribution is 5.96. The molecule has 3 rings (SSSR count). The summed E-state index contributed by atoms with van der Waals surface area (Å²) >= 11 is 0. The second-order valence-electron chi connectivity index (χ2n) is 4.78. The third-order valence-corrected chi connectivity index (χ3v) is 3.31. The molecule has 0 aliphatic carbocycles.